The van der Waals surface area contributed by atoms with Gasteiger partial charge in [-0.05, 0) is 28.1 Å². The van der Waals surface area contributed by atoms with Crippen molar-refractivity contribution in [2.24, 2.45) is 5.16 Å². The summed E-state index contributed by atoms with van der Waals surface area (Å²) in [5.41, 5.74) is 1.59. The van der Waals surface area contributed by atoms with Crippen LogP contribution in [0, 0.1) is 11.3 Å². The lowest BCUT2D eigenvalue weighted by Gasteiger charge is -2.02. The zero-order valence-electron chi connectivity index (χ0n) is 8.02. The third-order valence-electron chi connectivity index (χ3n) is 1.94. The molecule has 1 aromatic carbocycles. The first-order valence-corrected chi connectivity index (χ1v) is 4.30. The van der Waals surface area contributed by atoms with E-state index in [9.17, 15) is 0 Å². The van der Waals surface area contributed by atoms with Crippen molar-refractivity contribution in [1.29, 1.82) is 5.26 Å². The molecule has 0 aliphatic heterocycles. The molecule has 0 fully saturated rings. The number of benzene rings is 1. The van der Waals surface area contributed by atoms with E-state index in [0.717, 1.165) is 0 Å². The Morgan fingerprint density at radius 3 is 3.00 bits per heavy atom. The fourth-order valence-corrected chi connectivity index (χ4v) is 1.26. The van der Waals surface area contributed by atoms with Crippen LogP contribution < -0.4 is 0 Å². The summed E-state index contributed by atoms with van der Waals surface area (Å²) in [6.45, 7) is 0. The second kappa shape index (κ2) is 4.18. The molecule has 0 spiro atoms. The average Bonchev–Trinajstić information content (AvgIpc) is 2.83. The van der Waals surface area contributed by atoms with Gasteiger partial charge >= 0.3 is 0 Å². The molecule has 0 bridgehead atoms. The standard InChI is InChI=1S/C9H6N6O/c10-4-8-3-7(5-12-16)1-2-9(8)15-6-11-13-14-15/h1-3,5-6,16H/b12-5-. The Kier molecular flexibility index (Phi) is 2.56. The topological polar surface area (TPSA) is 100.0 Å². The summed E-state index contributed by atoms with van der Waals surface area (Å²) >= 11 is 0. The van der Waals surface area contributed by atoms with Crippen LogP contribution in [0.25, 0.3) is 5.69 Å². The van der Waals surface area contributed by atoms with Gasteiger partial charge in [0.2, 0.25) is 0 Å². The first kappa shape index (κ1) is 9.79. The Bertz CT molecular complexity index is 554. The van der Waals surface area contributed by atoms with E-state index >= 15 is 0 Å². The first-order valence-electron chi connectivity index (χ1n) is 4.30. The molecular formula is C9H6N6O. The van der Waals surface area contributed by atoms with Gasteiger partial charge < -0.3 is 5.21 Å². The van der Waals surface area contributed by atoms with Gasteiger partial charge in [0.05, 0.1) is 17.5 Å². The van der Waals surface area contributed by atoms with Gasteiger partial charge in [-0.2, -0.15) is 9.94 Å². The third kappa shape index (κ3) is 1.72. The number of tetrazole rings is 1. The molecule has 0 aliphatic rings. The summed E-state index contributed by atoms with van der Waals surface area (Å²) in [4.78, 5) is 0. The number of rotatable bonds is 2. The highest BCUT2D eigenvalue weighted by atomic mass is 16.4. The molecule has 0 atom stereocenters. The highest BCUT2D eigenvalue weighted by Crippen LogP contribution is 2.13. The number of nitriles is 1. The van der Waals surface area contributed by atoms with Gasteiger partial charge in [0, 0.05) is 0 Å². The summed E-state index contributed by atoms with van der Waals surface area (Å²) in [6.07, 6.45) is 2.64. The van der Waals surface area contributed by atoms with E-state index in [1.54, 1.807) is 18.2 Å². The molecule has 0 amide bonds. The smallest absolute Gasteiger partial charge is 0.143 e. The van der Waals surface area contributed by atoms with Crippen LogP contribution in [-0.4, -0.2) is 31.6 Å². The third-order valence-corrected chi connectivity index (χ3v) is 1.94. The van der Waals surface area contributed by atoms with E-state index in [4.69, 9.17) is 10.5 Å². The van der Waals surface area contributed by atoms with Gasteiger partial charge in [-0.15, -0.1) is 5.10 Å². The van der Waals surface area contributed by atoms with Gasteiger partial charge in [0.15, 0.2) is 0 Å². The summed E-state index contributed by atoms with van der Waals surface area (Å²) in [7, 11) is 0. The van der Waals surface area contributed by atoms with Crippen LogP contribution in [0.1, 0.15) is 11.1 Å². The highest BCUT2D eigenvalue weighted by Gasteiger charge is 2.05. The lowest BCUT2D eigenvalue weighted by atomic mass is 10.1. The molecule has 2 aromatic rings. The molecule has 0 radical (unpaired) electrons. The second-order valence-electron chi connectivity index (χ2n) is 2.89. The van der Waals surface area contributed by atoms with Crippen molar-refractivity contribution in [3.63, 3.8) is 0 Å². The molecule has 0 saturated carbocycles. The molecule has 2 rings (SSSR count). The Hall–Kier alpha value is -2.75. The van der Waals surface area contributed by atoms with Gasteiger partial charge in [-0.1, -0.05) is 11.2 Å². The van der Waals surface area contributed by atoms with Crippen molar-refractivity contribution < 1.29 is 5.21 Å². The Morgan fingerprint density at radius 1 is 1.50 bits per heavy atom. The molecule has 1 N–H and O–H groups in total. The maximum Gasteiger partial charge on any atom is 0.143 e. The van der Waals surface area contributed by atoms with Crippen LogP contribution >= 0.6 is 0 Å². The van der Waals surface area contributed by atoms with Crippen molar-refractivity contribution >= 4 is 6.21 Å². The average molecular weight is 214 g/mol. The molecular weight excluding hydrogens is 208 g/mol. The van der Waals surface area contributed by atoms with E-state index in [1.807, 2.05) is 6.07 Å². The first-order chi connectivity index (χ1) is 7.85. The molecule has 78 valence electrons. The van der Waals surface area contributed by atoms with Gasteiger partial charge in [-0.3, -0.25) is 0 Å². The fraction of sp³-hybridized carbons (Fsp3) is 0. The van der Waals surface area contributed by atoms with Crippen molar-refractivity contribution in [2.75, 3.05) is 0 Å². The monoisotopic (exact) mass is 214 g/mol. The second-order valence-corrected chi connectivity index (χ2v) is 2.89. The predicted molar refractivity (Wildman–Crippen MR) is 53.2 cm³/mol. The minimum absolute atomic E-state index is 0.393. The highest BCUT2D eigenvalue weighted by molar-refractivity contribution is 5.80. The lowest BCUT2D eigenvalue weighted by Crippen LogP contribution is -1.99. The number of oxime groups is 1. The lowest BCUT2D eigenvalue weighted by molar-refractivity contribution is 0.322. The minimum Gasteiger partial charge on any atom is -0.411 e. The van der Waals surface area contributed by atoms with Crippen molar-refractivity contribution in [3.05, 3.63) is 35.7 Å². The number of hydrogen-bond donors (Lipinski definition) is 1. The number of aromatic nitrogens is 4. The van der Waals surface area contributed by atoms with Crippen LogP contribution in [0.2, 0.25) is 0 Å². The molecule has 0 unspecified atom stereocenters. The van der Waals surface area contributed by atoms with Gasteiger partial charge in [0.25, 0.3) is 0 Å². The van der Waals surface area contributed by atoms with Gasteiger partial charge in [0.1, 0.15) is 12.4 Å². The molecule has 1 heterocycles. The Balaban J connectivity index is 2.53. The van der Waals surface area contributed by atoms with Crippen LogP contribution in [-0.2, 0) is 0 Å². The van der Waals surface area contributed by atoms with E-state index in [1.165, 1.54) is 17.2 Å². The van der Waals surface area contributed by atoms with Crippen molar-refractivity contribution in [2.45, 2.75) is 0 Å². The summed E-state index contributed by atoms with van der Waals surface area (Å²) in [5.74, 6) is 0. The van der Waals surface area contributed by atoms with E-state index in [-0.39, 0.29) is 0 Å². The van der Waals surface area contributed by atoms with Crippen LogP contribution in [0.15, 0.2) is 29.7 Å². The number of hydrogen-bond acceptors (Lipinski definition) is 6. The van der Waals surface area contributed by atoms with Crippen LogP contribution in [0.4, 0.5) is 0 Å². The normalized spacial score (nSPS) is 10.4. The maximum absolute atomic E-state index is 8.97. The summed E-state index contributed by atoms with van der Waals surface area (Å²) in [6, 6.07) is 6.97. The van der Waals surface area contributed by atoms with Crippen LogP contribution in [0.5, 0.6) is 0 Å². The van der Waals surface area contributed by atoms with Gasteiger partial charge in [-0.25, -0.2) is 0 Å². The SMILES string of the molecule is N#Cc1cc(/C=N\O)ccc1-n1cnnn1. The molecule has 0 saturated heterocycles. The Morgan fingerprint density at radius 2 is 2.38 bits per heavy atom. The van der Waals surface area contributed by atoms with Crippen LogP contribution in [0.3, 0.4) is 0 Å². The zero-order chi connectivity index (χ0) is 11.4. The fourth-order valence-electron chi connectivity index (χ4n) is 1.26. The molecule has 16 heavy (non-hydrogen) atoms. The minimum atomic E-state index is 0.393. The summed E-state index contributed by atoms with van der Waals surface area (Å²) in [5, 5.41) is 30.9. The number of nitrogens with zero attached hydrogens (tertiary/aromatic N) is 6. The molecule has 7 heteroatoms. The van der Waals surface area contributed by atoms with Crippen molar-refractivity contribution in [1.82, 2.24) is 20.2 Å². The largest absolute Gasteiger partial charge is 0.411 e. The molecule has 7 nitrogen and oxygen atoms in total. The summed E-state index contributed by atoms with van der Waals surface area (Å²) < 4.78 is 1.39. The molecule has 1 aromatic heterocycles. The molecule has 0 aliphatic carbocycles. The zero-order valence-corrected chi connectivity index (χ0v) is 8.02. The Labute approximate surface area is 90.2 Å². The van der Waals surface area contributed by atoms with E-state index in [2.05, 4.69) is 20.7 Å². The maximum atomic E-state index is 8.97. The van der Waals surface area contributed by atoms with E-state index in [0.29, 0.717) is 16.8 Å². The van der Waals surface area contributed by atoms with E-state index < -0.39 is 0 Å². The predicted octanol–water partition coefficient (Wildman–Crippen LogP) is 0.342. The van der Waals surface area contributed by atoms with Crippen molar-refractivity contribution in [3.8, 4) is 11.8 Å². The quantitative estimate of drug-likeness (QED) is 0.441.